The summed E-state index contributed by atoms with van der Waals surface area (Å²) >= 11 is 1.98. The molecule has 0 aromatic heterocycles. The molecule has 0 radical (unpaired) electrons. The second-order valence-electron chi connectivity index (χ2n) is 8.85. The fraction of sp³-hybridized carbons (Fsp3) is 0.880. The molecule has 0 amide bonds. The molecular weight excluding hydrogens is 539 g/mol. The van der Waals surface area contributed by atoms with Gasteiger partial charge < -0.3 is 19.7 Å². The molecule has 0 aliphatic rings. The molecule has 0 aliphatic carbocycles. The van der Waals surface area contributed by atoms with Gasteiger partial charge in [0, 0.05) is 12.8 Å². The third kappa shape index (κ3) is 25.4. The van der Waals surface area contributed by atoms with Gasteiger partial charge in [0.2, 0.25) is 0 Å². The number of carboxylic acids is 2. The molecule has 0 spiro atoms. The molecule has 0 fully saturated rings. The van der Waals surface area contributed by atoms with Crippen molar-refractivity contribution in [3.63, 3.8) is 0 Å². The lowest BCUT2D eigenvalue weighted by Gasteiger charge is -2.17. The second kappa shape index (κ2) is 24.1. The molecule has 2 N–H and O–H groups in total. The van der Waals surface area contributed by atoms with Gasteiger partial charge in [-0.1, -0.05) is 83.5 Å². The standard InChI is InChI=1S/C25H45IO7/c26-21-33-25(31)32-20-22(17-13-9-5-3-7-11-15-19-24(29)30)16-12-8-4-1-2-6-10-14-18-23(27)28/h22H,1-21H2,(H,27,28)(H,29,30)/t22-/m1/s1. The molecule has 8 heteroatoms. The zero-order valence-electron chi connectivity index (χ0n) is 20.2. The molecule has 0 saturated heterocycles. The minimum absolute atomic E-state index is 0.272. The Hall–Kier alpha value is -1.06. The molecule has 33 heavy (non-hydrogen) atoms. The van der Waals surface area contributed by atoms with Crippen LogP contribution in [0.1, 0.15) is 122 Å². The minimum Gasteiger partial charge on any atom is -0.481 e. The summed E-state index contributed by atoms with van der Waals surface area (Å²) in [6.07, 6.45) is 18.3. The van der Waals surface area contributed by atoms with Crippen LogP contribution in [0.2, 0.25) is 0 Å². The molecule has 7 nitrogen and oxygen atoms in total. The van der Waals surface area contributed by atoms with E-state index in [-0.39, 0.29) is 12.8 Å². The SMILES string of the molecule is O=C(O)CCCCCCCCCC[C@H](CCCCCCCCCC(=O)O)COC(=O)OCI. The van der Waals surface area contributed by atoms with Crippen molar-refractivity contribution in [2.45, 2.75) is 122 Å². The predicted molar refractivity (Wildman–Crippen MR) is 138 cm³/mol. The van der Waals surface area contributed by atoms with E-state index in [0.29, 0.717) is 17.1 Å². The second-order valence-corrected chi connectivity index (χ2v) is 9.47. The summed E-state index contributed by atoms with van der Waals surface area (Å²) in [5.41, 5.74) is 0. The number of alkyl halides is 1. The lowest BCUT2D eigenvalue weighted by molar-refractivity contribution is -0.138. The maximum absolute atomic E-state index is 11.5. The number of carboxylic acid groups (broad SMARTS) is 2. The van der Waals surface area contributed by atoms with Crippen LogP contribution in [0.5, 0.6) is 0 Å². The Morgan fingerprint density at radius 1 is 0.576 bits per heavy atom. The Balaban J connectivity index is 3.87. The molecule has 0 aromatic carbocycles. The number of aliphatic carboxylic acids is 2. The van der Waals surface area contributed by atoms with E-state index in [4.69, 9.17) is 19.7 Å². The zero-order chi connectivity index (χ0) is 24.6. The van der Waals surface area contributed by atoms with E-state index in [0.717, 1.165) is 77.0 Å². The number of ether oxygens (including phenoxy) is 2. The van der Waals surface area contributed by atoms with Crippen LogP contribution in [0.25, 0.3) is 0 Å². The van der Waals surface area contributed by atoms with Gasteiger partial charge in [-0.25, -0.2) is 4.79 Å². The van der Waals surface area contributed by atoms with E-state index in [1.807, 2.05) is 22.6 Å². The number of hydrogen-bond donors (Lipinski definition) is 2. The summed E-state index contributed by atoms with van der Waals surface area (Å²) in [5, 5.41) is 17.3. The summed E-state index contributed by atoms with van der Waals surface area (Å²) in [5.74, 6) is -1.04. The van der Waals surface area contributed by atoms with Gasteiger partial charge in [-0.3, -0.25) is 9.59 Å². The van der Waals surface area contributed by atoms with Gasteiger partial charge >= 0.3 is 18.1 Å². The third-order valence-corrected chi connectivity index (χ3v) is 6.18. The van der Waals surface area contributed by atoms with Crippen LogP contribution in [0.15, 0.2) is 0 Å². The molecule has 0 unspecified atom stereocenters. The van der Waals surface area contributed by atoms with E-state index in [1.54, 1.807) is 0 Å². The molecule has 1 atom stereocenters. The quantitative estimate of drug-likeness (QED) is 0.0517. The normalized spacial score (nSPS) is 11.8. The molecule has 0 bridgehead atoms. The number of rotatable bonds is 24. The van der Waals surface area contributed by atoms with Crippen molar-refractivity contribution in [2.75, 3.05) is 11.2 Å². The van der Waals surface area contributed by atoms with Crippen LogP contribution in [0.4, 0.5) is 4.79 Å². The van der Waals surface area contributed by atoms with Gasteiger partial charge in [-0.2, -0.15) is 0 Å². The zero-order valence-corrected chi connectivity index (χ0v) is 22.4. The van der Waals surface area contributed by atoms with Crippen molar-refractivity contribution < 1.29 is 34.1 Å². The summed E-state index contributed by atoms with van der Waals surface area (Å²) in [6.45, 7) is 0.425. The Kier molecular flexibility index (Phi) is 23.3. The fourth-order valence-corrected chi connectivity index (χ4v) is 4.20. The highest BCUT2D eigenvalue weighted by Crippen LogP contribution is 2.20. The lowest BCUT2D eigenvalue weighted by atomic mass is 9.94. The molecule has 194 valence electrons. The Morgan fingerprint density at radius 3 is 1.30 bits per heavy atom. The van der Waals surface area contributed by atoms with Gasteiger partial charge in [-0.05, 0) is 54.2 Å². The van der Waals surface area contributed by atoms with Gasteiger partial charge in [0.15, 0.2) is 0 Å². The summed E-state index contributed by atoms with van der Waals surface area (Å²) in [7, 11) is 0. The topological polar surface area (TPSA) is 110 Å². The molecule has 0 saturated carbocycles. The van der Waals surface area contributed by atoms with Crippen molar-refractivity contribution in [3.05, 3.63) is 0 Å². The van der Waals surface area contributed by atoms with Crippen LogP contribution in [-0.2, 0) is 19.1 Å². The van der Waals surface area contributed by atoms with E-state index in [2.05, 4.69) is 0 Å². The van der Waals surface area contributed by atoms with Crippen molar-refractivity contribution in [1.29, 1.82) is 0 Å². The molecule has 0 heterocycles. The van der Waals surface area contributed by atoms with Crippen LogP contribution >= 0.6 is 22.6 Å². The van der Waals surface area contributed by atoms with Gasteiger partial charge in [0.1, 0.15) is 4.61 Å². The van der Waals surface area contributed by atoms with Crippen molar-refractivity contribution in [3.8, 4) is 0 Å². The average Bonchev–Trinajstić information content (AvgIpc) is 2.76. The summed E-state index contributed by atoms with van der Waals surface area (Å²) < 4.78 is 10.4. The van der Waals surface area contributed by atoms with E-state index >= 15 is 0 Å². The predicted octanol–water partition coefficient (Wildman–Crippen LogP) is 7.73. The number of halogens is 1. The largest absolute Gasteiger partial charge is 0.509 e. The van der Waals surface area contributed by atoms with Crippen LogP contribution in [0.3, 0.4) is 0 Å². The van der Waals surface area contributed by atoms with E-state index in [1.165, 1.54) is 32.1 Å². The Bertz CT molecular complexity index is 499. The molecule has 0 rings (SSSR count). The van der Waals surface area contributed by atoms with Gasteiger partial charge in [0.25, 0.3) is 0 Å². The number of carbonyl (C=O) groups is 3. The summed E-state index contributed by atoms with van der Waals surface area (Å²) in [4.78, 5) is 32.5. The molecule has 0 aromatic rings. The smallest absolute Gasteiger partial charge is 0.481 e. The Labute approximate surface area is 213 Å². The first-order chi connectivity index (χ1) is 16.0. The third-order valence-electron chi connectivity index (χ3n) is 5.87. The first kappa shape index (κ1) is 31.9. The van der Waals surface area contributed by atoms with Gasteiger partial charge in [-0.15, -0.1) is 0 Å². The summed E-state index contributed by atoms with van der Waals surface area (Å²) in [6, 6.07) is 0. The van der Waals surface area contributed by atoms with Crippen molar-refractivity contribution in [2.24, 2.45) is 5.92 Å². The first-order valence-corrected chi connectivity index (χ1v) is 14.3. The number of carbonyl (C=O) groups excluding carboxylic acids is 1. The molecule has 0 aliphatic heterocycles. The Morgan fingerprint density at radius 2 is 0.939 bits per heavy atom. The highest BCUT2D eigenvalue weighted by atomic mass is 127. The highest BCUT2D eigenvalue weighted by molar-refractivity contribution is 14.1. The number of hydrogen-bond acceptors (Lipinski definition) is 5. The van der Waals surface area contributed by atoms with Crippen LogP contribution in [-0.4, -0.2) is 39.5 Å². The first-order valence-electron chi connectivity index (χ1n) is 12.7. The van der Waals surface area contributed by atoms with Crippen molar-refractivity contribution >= 4 is 40.7 Å². The number of unbranched alkanes of at least 4 members (excludes halogenated alkanes) is 13. The van der Waals surface area contributed by atoms with E-state index < -0.39 is 18.1 Å². The lowest BCUT2D eigenvalue weighted by Crippen LogP contribution is -2.15. The van der Waals surface area contributed by atoms with Gasteiger partial charge in [0.05, 0.1) is 6.61 Å². The maximum atomic E-state index is 11.5. The fourth-order valence-electron chi connectivity index (χ4n) is 3.95. The van der Waals surface area contributed by atoms with Crippen LogP contribution < -0.4 is 0 Å². The van der Waals surface area contributed by atoms with E-state index in [9.17, 15) is 14.4 Å². The highest BCUT2D eigenvalue weighted by Gasteiger charge is 2.13. The van der Waals surface area contributed by atoms with Crippen LogP contribution in [0, 0.1) is 5.92 Å². The monoisotopic (exact) mass is 584 g/mol. The molecular formula is C25H45IO7. The minimum atomic E-state index is -0.710. The van der Waals surface area contributed by atoms with Crippen molar-refractivity contribution in [1.82, 2.24) is 0 Å². The average molecular weight is 585 g/mol. The maximum Gasteiger partial charge on any atom is 0.509 e.